The number of carbonyl (C=O) groups is 2. The van der Waals surface area contributed by atoms with E-state index in [1.54, 1.807) is 0 Å². The first kappa shape index (κ1) is 46.5. The fourth-order valence-corrected chi connectivity index (χ4v) is 5.65. The van der Waals surface area contributed by atoms with Crippen LogP contribution in [0.5, 0.6) is 0 Å². The van der Waals surface area contributed by atoms with Crippen LogP contribution >= 0.6 is 7.82 Å². The maximum atomic E-state index is 12.5. The molecule has 0 aromatic rings. The minimum atomic E-state index is -4.60. The molecule has 2 atom stereocenters. The van der Waals surface area contributed by atoms with E-state index in [0.717, 1.165) is 44.9 Å². The van der Waals surface area contributed by atoms with E-state index in [4.69, 9.17) is 18.5 Å². The van der Waals surface area contributed by atoms with Crippen molar-refractivity contribution in [3.63, 3.8) is 0 Å². The highest BCUT2D eigenvalue weighted by Gasteiger charge is 2.21. The maximum absolute atomic E-state index is 12.5. The first-order valence-electron chi connectivity index (χ1n) is 19.0. The molecule has 0 bridgehead atoms. The van der Waals surface area contributed by atoms with Crippen LogP contribution in [0.3, 0.4) is 0 Å². The normalized spacial score (nSPS) is 14.0. The number of allylic oxidation sites excluding steroid dienone is 4. The number of rotatable bonds is 34. The molecule has 0 amide bonds. The van der Waals surface area contributed by atoms with Gasteiger partial charge in [0.15, 0.2) is 6.10 Å². The molecule has 0 aliphatic carbocycles. The van der Waals surface area contributed by atoms with Crippen LogP contribution in [0.4, 0.5) is 0 Å². The number of nitrogens with zero attached hydrogens (tertiary/aromatic N) is 1. The van der Waals surface area contributed by atoms with Crippen molar-refractivity contribution in [3.05, 3.63) is 24.3 Å². The number of esters is 2. The molecule has 10 heteroatoms. The van der Waals surface area contributed by atoms with Crippen LogP contribution in [0.25, 0.3) is 0 Å². The number of phosphoric ester groups is 1. The van der Waals surface area contributed by atoms with Gasteiger partial charge in [-0.05, 0) is 44.9 Å². The predicted molar refractivity (Wildman–Crippen MR) is 194 cm³/mol. The van der Waals surface area contributed by atoms with E-state index in [1.165, 1.54) is 70.6 Å². The summed E-state index contributed by atoms with van der Waals surface area (Å²) >= 11 is 0. The summed E-state index contributed by atoms with van der Waals surface area (Å²) in [5, 5.41) is 0. The Hall–Kier alpha value is -1.51. The number of hydrogen-bond acceptors (Lipinski definition) is 8. The Kier molecular flexibility index (Phi) is 30.5. The summed E-state index contributed by atoms with van der Waals surface area (Å²) in [6, 6.07) is 0. The first-order chi connectivity index (χ1) is 23.0. The van der Waals surface area contributed by atoms with Crippen molar-refractivity contribution in [2.24, 2.45) is 0 Å². The lowest BCUT2D eigenvalue weighted by atomic mass is 10.1. The molecule has 0 heterocycles. The van der Waals surface area contributed by atoms with E-state index >= 15 is 0 Å². The van der Waals surface area contributed by atoms with Gasteiger partial charge in [0.2, 0.25) is 0 Å². The molecule has 282 valence electrons. The van der Waals surface area contributed by atoms with Gasteiger partial charge in [-0.3, -0.25) is 14.2 Å². The fourth-order valence-electron chi connectivity index (χ4n) is 4.92. The maximum Gasteiger partial charge on any atom is 0.306 e. The summed E-state index contributed by atoms with van der Waals surface area (Å²) in [6.07, 6.45) is 31.5. The van der Waals surface area contributed by atoms with Gasteiger partial charge >= 0.3 is 11.9 Å². The number of hydrogen-bond donors (Lipinski definition) is 0. The SMILES string of the molecule is CCCCCCC/C=C\C/C=C\CCCCCCCCCCCC(=O)OC(COC(=O)CCCCC)COP(=O)([O-])OCC[N+](C)(C)C. The summed E-state index contributed by atoms with van der Waals surface area (Å²) in [5.41, 5.74) is 0. The smallest absolute Gasteiger partial charge is 0.306 e. The fraction of sp³-hybridized carbons (Fsp3) is 0.842. The molecule has 0 rings (SSSR count). The van der Waals surface area contributed by atoms with Crippen LogP contribution in [0.15, 0.2) is 24.3 Å². The van der Waals surface area contributed by atoms with Crippen molar-refractivity contribution in [2.45, 2.75) is 161 Å². The van der Waals surface area contributed by atoms with Crippen molar-refractivity contribution < 1.29 is 42.1 Å². The summed E-state index contributed by atoms with van der Waals surface area (Å²) in [6.45, 7) is 4.01. The van der Waals surface area contributed by atoms with Crippen molar-refractivity contribution in [1.29, 1.82) is 0 Å². The van der Waals surface area contributed by atoms with Crippen LogP contribution in [0, 0.1) is 0 Å². The number of unbranched alkanes of at least 4 members (excludes halogenated alkanes) is 16. The molecule has 9 nitrogen and oxygen atoms in total. The topological polar surface area (TPSA) is 111 Å². The van der Waals surface area contributed by atoms with Gasteiger partial charge in [-0.15, -0.1) is 0 Å². The molecule has 0 fully saturated rings. The Morgan fingerprint density at radius 3 is 1.69 bits per heavy atom. The van der Waals surface area contributed by atoms with E-state index < -0.39 is 32.5 Å². The van der Waals surface area contributed by atoms with Gasteiger partial charge < -0.3 is 27.9 Å². The van der Waals surface area contributed by atoms with E-state index in [0.29, 0.717) is 23.9 Å². The van der Waals surface area contributed by atoms with Gasteiger partial charge in [0.05, 0.1) is 27.7 Å². The monoisotopic (exact) mass is 701 g/mol. The molecule has 0 spiro atoms. The summed E-state index contributed by atoms with van der Waals surface area (Å²) in [7, 11) is 1.16. The average Bonchev–Trinajstić information content (AvgIpc) is 3.02. The standard InChI is InChI=1S/C38H72NO8P/c1-6-8-10-11-12-13-14-15-16-17-18-19-20-21-22-23-24-25-26-27-29-31-38(41)47-36(34-44-37(40)30-28-9-7-2)35-46-48(42,43)45-33-32-39(3,4)5/h14-15,17-18,36H,6-13,16,19-35H2,1-5H3/b15-14-,18-17-. The van der Waals surface area contributed by atoms with Crippen LogP contribution in [0.2, 0.25) is 0 Å². The highest BCUT2D eigenvalue weighted by Crippen LogP contribution is 2.38. The molecule has 0 saturated carbocycles. The van der Waals surface area contributed by atoms with Gasteiger partial charge in [-0.25, -0.2) is 0 Å². The van der Waals surface area contributed by atoms with Crippen molar-refractivity contribution >= 4 is 19.8 Å². The zero-order valence-corrected chi connectivity index (χ0v) is 32.3. The third-order valence-corrected chi connectivity index (χ3v) is 8.94. The Labute approximate surface area is 294 Å². The number of carbonyl (C=O) groups excluding carboxylic acids is 2. The van der Waals surface area contributed by atoms with Gasteiger partial charge in [-0.1, -0.05) is 122 Å². The third kappa shape index (κ3) is 34.4. The van der Waals surface area contributed by atoms with Gasteiger partial charge in [0, 0.05) is 12.8 Å². The minimum Gasteiger partial charge on any atom is -0.756 e. The number of likely N-dealkylation sites (N-methyl/N-ethyl adjacent to an activating group) is 1. The zero-order valence-electron chi connectivity index (χ0n) is 31.4. The number of phosphoric acid groups is 1. The highest BCUT2D eigenvalue weighted by molar-refractivity contribution is 7.45. The number of ether oxygens (including phenoxy) is 2. The molecule has 0 aliphatic rings. The molecule has 0 N–H and O–H groups in total. The van der Waals surface area contributed by atoms with Crippen molar-refractivity contribution in [3.8, 4) is 0 Å². The van der Waals surface area contributed by atoms with Gasteiger partial charge in [0.1, 0.15) is 19.8 Å². The number of quaternary nitrogens is 1. The Morgan fingerprint density at radius 1 is 0.646 bits per heavy atom. The minimum absolute atomic E-state index is 0.0314. The second kappa shape index (κ2) is 31.5. The average molecular weight is 702 g/mol. The quantitative estimate of drug-likeness (QED) is 0.0215. The summed E-state index contributed by atoms with van der Waals surface area (Å²) in [4.78, 5) is 36.8. The van der Waals surface area contributed by atoms with Crippen LogP contribution < -0.4 is 4.89 Å². The van der Waals surface area contributed by atoms with Crippen molar-refractivity contribution in [2.75, 3.05) is 47.5 Å². The Morgan fingerprint density at radius 2 is 1.12 bits per heavy atom. The van der Waals surface area contributed by atoms with E-state index in [2.05, 4.69) is 31.2 Å². The first-order valence-corrected chi connectivity index (χ1v) is 20.5. The molecule has 0 radical (unpaired) electrons. The molecular formula is C38H72NO8P. The molecule has 0 aromatic heterocycles. The van der Waals surface area contributed by atoms with Crippen molar-refractivity contribution in [1.82, 2.24) is 0 Å². The largest absolute Gasteiger partial charge is 0.756 e. The van der Waals surface area contributed by atoms with Gasteiger partial charge in [0.25, 0.3) is 7.82 Å². The predicted octanol–water partition coefficient (Wildman–Crippen LogP) is 9.38. The molecule has 0 saturated heterocycles. The lowest BCUT2D eigenvalue weighted by Gasteiger charge is -2.28. The lowest BCUT2D eigenvalue weighted by molar-refractivity contribution is -0.870. The molecule has 0 aliphatic heterocycles. The van der Waals surface area contributed by atoms with E-state index in [-0.39, 0.29) is 26.1 Å². The summed E-state index contributed by atoms with van der Waals surface area (Å²) in [5.74, 6) is -0.868. The second-order valence-electron chi connectivity index (χ2n) is 13.9. The Balaban J connectivity index is 4.12. The zero-order chi connectivity index (χ0) is 35.8. The van der Waals surface area contributed by atoms with Crippen LogP contribution in [-0.4, -0.2) is 70.0 Å². The molecular weight excluding hydrogens is 629 g/mol. The van der Waals surface area contributed by atoms with Gasteiger partial charge in [-0.2, -0.15) is 0 Å². The third-order valence-electron chi connectivity index (χ3n) is 7.97. The Bertz CT molecular complexity index is 886. The highest BCUT2D eigenvalue weighted by atomic mass is 31.2. The molecule has 2 unspecified atom stereocenters. The van der Waals surface area contributed by atoms with Crippen LogP contribution in [-0.2, 0) is 32.7 Å². The van der Waals surface area contributed by atoms with E-state index in [1.807, 2.05) is 28.1 Å². The molecule has 48 heavy (non-hydrogen) atoms. The van der Waals surface area contributed by atoms with Crippen LogP contribution in [0.1, 0.15) is 155 Å². The van der Waals surface area contributed by atoms with E-state index in [9.17, 15) is 19.0 Å². The summed E-state index contributed by atoms with van der Waals surface area (Å²) < 4.78 is 33.4. The second-order valence-corrected chi connectivity index (χ2v) is 15.4. The lowest BCUT2D eigenvalue weighted by Crippen LogP contribution is -2.37. The molecule has 0 aromatic carbocycles.